The van der Waals surface area contributed by atoms with Crippen LogP contribution in [0.5, 0.6) is 0 Å². The molecule has 1 aromatic heterocycles. The third-order valence-corrected chi connectivity index (χ3v) is 5.60. The van der Waals surface area contributed by atoms with Gasteiger partial charge in [0.1, 0.15) is 0 Å². The summed E-state index contributed by atoms with van der Waals surface area (Å²) in [5.41, 5.74) is 0.542. The molecule has 2 unspecified atom stereocenters. The number of alkyl halides is 3. The smallest absolute Gasteiger partial charge is 0.353 e. The van der Waals surface area contributed by atoms with Crippen LogP contribution in [0, 0.1) is 5.92 Å². The Hall–Kier alpha value is -1.64. The Bertz CT molecular complexity index is 647. The first-order chi connectivity index (χ1) is 11.8. The molecule has 9 heteroatoms. The Kier molecular flexibility index (Phi) is 5.31. The standard InChI is InChI=1S/C16H20F3N3O2S/c17-16(18,19)10-3-1-4-11(7-10)20-13(23)8-12-9-25-15(21-12)22-6-2-5-14(22)24/h9-11H,1-8H2,(H,20,23). The van der Waals surface area contributed by atoms with E-state index in [0.717, 1.165) is 6.42 Å². The van der Waals surface area contributed by atoms with E-state index in [2.05, 4.69) is 10.3 Å². The largest absolute Gasteiger partial charge is 0.391 e. The highest BCUT2D eigenvalue weighted by atomic mass is 32.1. The topological polar surface area (TPSA) is 62.3 Å². The second kappa shape index (κ2) is 7.31. The highest BCUT2D eigenvalue weighted by Crippen LogP contribution is 2.37. The third kappa shape index (κ3) is 4.50. The lowest BCUT2D eigenvalue weighted by Gasteiger charge is -2.31. The molecule has 1 N–H and O–H groups in total. The second-order valence-corrected chi connectivity index (χ2v) is 7.45. The molecule has 0 spiro atoms. The summed E-state index contributed by atoms with van der Waals surface area (Å²) < 4.78 is 38.5. The van der Waals surface area contributed by atoms with Crippen molar-refractivity contribution < 1.29 is 22.8 Å². The van der Waals surface area contributed by atoms with Gasteiger partial charge in [-0.05, 0) is 25.7 Å². The van der Waals surface area contributed by atoms with Gasteiger partial charge in [0.15, 0.2) is 5.13 Å². The SMILES string of the molecule is O=C(Cc1csc(N2CCCC2=O)n1)NC1CCCC(C(F)(F)F)C1. The molecule has 0 aromatic carbocycles. The molecule has 0 bridgehead atoms. The molecule has 1 saturated heterocycles. The van der Waals surface area contributed by atoms with Gasteiger partial charge >= 0.3 is 6.18 Å². The first-order valence-electron chi connectivity index (χ1n) is 8.44. The van der Waals surface area contributed by atoms with Crippen LogP contribution in [0.3, 0.4) is 0 Å². The molecule has 25 heavy (non-hydrogen) atoms. The Balaban J connectivity index is 1.53. The summed E-state index contributed by atoms with van der Waals surface area (Å²) in [4.78, 5) is 29.8. The number of thiazole rings is 1. The maximum Gasteiger partial charge on any atom is 0.391 e. The molecule has 138 valence electrons. The fourth-order valence-electron chi connectivity index (χ4n) is 3.41. The Morgan fingerprint density at radius 1 is 1.36 bits per heavy atom. The molecule has 0 radical (unpaired) electrons. The predicted molar refractivity (Wildman–Crippen MR) is 87.3 cm³/mol. The first kappa shape index (κ1) is 18.2. The van der Waals surface area contributed by atoms with E-state index < -0.39 is 18.1 Å². The van der Waals surface area contributed by atoms with Crippen molar-refractivity contribution in [2.24, 2.45) is 5.92 Å². The zero-order chi connectivity index (χ0) is 18.0. The van der Waals surface area contributed by atoms with Crippen molar-refractivity contribution in [2.45, 2.75) is 57.2 Å². The first-order valence-corrected chi connectivity index (χ1v) is 9.32. The van der Waals surface area contributed by atoms with Crippen LogP contribution in [0.15, 0.2) is 5.38 Å². The van der Waals surface area contributed by atoms with Crippen molar-refractivity contribution in [2.75, 3.05) is 11.4 Å². The number of anilines is 1. The summed E-state index contributed by atoms with van der Waals surface area (Å²) in [6.45, 7) is 0.638. The normalized spacial score (nSPS) is 24.6. The van der Waals surface area contributed by atoms with Gasteiger partial charge in [-0.15, -0.1) is 11.3 Å². The van der Waals surface area contributed by atoms with Gasteiger partial charge in [0.05, 0.1) is 18.0 Å². The van der Waals surface area contributed by atoms with Crippen LogP contribution in [0.1, 0.15) is 44.2 Å². The molecule has 2 fully saturated rings. The molecular formula is C16H20F3N3O2S. The molecular weight excluding hydrogens is 355 g/mol. The van der Waals surface area contributed by atoms with Gasteiger partial charge in [0.2, 0.25) is 11.8 Å². The van der Waals surface area contributed by atoms with Crippen LogP contribution in [-0.4, -0.2) is 35.6 Å². The van der Waals surface area contributed by atoms with Gasteiger partial charge in [-0.25, -0.2) is 4.98 Å². The van der Waals surface area contributed by atoms with Crippen LogP contribution < -0.4 is 10.2 Å². The maximum atomic E-state index is 12.8. The van der Waals surface area contributed by atoms with Crippen molar-refractivity contribution in [1.82, 2.24) is 10.3 Å². The number of hydrogen-bond acceptors (Lipinski definition) is 4. The number of amides is 2. The molecule has 3 rings (SSSR count). The molecule has 1 aromatic rings. The molecule has 2 aliphatic rings. The second-order valence-electron chi connectivity index (χ2n) is 6.62. The number of rotatable bonds is 4. The lowest BCUT2D eigenvalue weighted by Crippen LogP contribution is -2.42. The van der Waals surface area contributed by atoms with Crippen molar-refractivity contribution in [3.8, 4) is 0 Å². The molecule has 2 amide bonds. The minimum atomic E-state index is -4.20. The van der Waals surface area contributed by atoms with Crippen molar-refractivity contribution >= 4 is 28.3 Å². The van der Waals surface area contributed by atoms with E-state index in [1.165, 1.54) is 11.3 Å². The summed E-state index contributed by atoms with van der Waals surface area (Å²) in [6, 6.07) is -0.439. The van der Waals surface area contributed by atoms with E-state index in [1.807, 2.05) is 0 Å². The van der Waals surface area contributed by atoms with Crippen molar-refractivity contribution in [1.29, 1.82) is 0 Å². The lowest BCUT2D eigenvalue weighted by atomic mass is 9.85. The molecule has 1 aliphatic carbocycles. The fraction of sp³-hybridized carbons (Fsp3) is 0.688. The number of carbonyl (C=O) groups is 2. The van der Waals surface area contributed by atoms with Gasteiger partial charge in [0.25, 0.3) is 0 Å². The van der Waals surface area contributed by atoms with Crippen LogP contribution in [0.2, 0.25) is 0 Å². The van der Waals surface area contributed by atoms with E-state index in [-0.39, 0.29) is 31.1 Å². The van der Waals surface area contributed by atoms with Gasteiger partial charge in [-0.3, -0.25) is 14.5 Å². The number of aromatic nitrogens is 1. The fourth-order valence-corrected chi connectivity index (χ4v) is 4.28. The summed E-state index contributed by atoms with van der Waals surface area (Å²) in [5, 5.41) is 5.01. The number of carbonyl (C=O) groups excluding carboxylic acids is 2. The number of halogens is 3. The quantitative estimate of drug-likeness (QED) is 0.880. The van der Waals surface area contributed by atoms with E-state index in [4.69, 9.17) is 0 Å². The van der Waals surface area contributed by atoms with Crippen LogP contribution in [0.4, 0.5) is 18.3 Å². The highest BCUT2D eigenvalue weighted by Gasteiger charge is 2.42. The minimum absolute atomic E-state index is 0.0196. The summed E-state index contributed by atoms with van der Waals surface area (Å²) in [6.07, 6.45) is -1.75. The van der Waals surface area contributed by atoms with Gasteiger partial charge in [0, 0.05) is 24.4 Å². The van der Waals surface area contributed by atoms with Gasteiger partial charge in [-0.1, -0.05) is 6.42 Å². The molecule has 5 nitrogen and oxygen atoms in total. The zero-order valence-electron chi connectivity index (χ0n) is 13.6. The summed E-state index contributed by atoms with van der Waals surface area (Å²) in [5.74, 6) is -1.62. The number of hydrogen-bond donors (Lipinski definition) is 1. The molecule has 1 saturated carbocycles. The maximum absolute atomic E-state index is 12.8. The van der Waals surface area contributed by atoms with Gasteiger partial charge < -0.3 is 5.32 Å². The molecule has 2 atom stereocenters. The predicted octanol–water partition coefficient (Wildman–Crippen LogP) is 3.05. The monoisotopic (exact) mass is 375 g/mol. The highest BCUT2D eigenvalue weighted by molar-refractivity contribution is 7.14. The molecule has 2 heterocycles. The van der Waals surface area contributed by atoms with Crippen molar-refractivity contribution in [3.05, 3.63) is 11.1 Å². The van der Waals surface area contributed by atoms with Crippen molar-refractivity contribution in [3.63, 3.8) is 0 Å². The number of nitrogens with one attached hydrogen (secondary N) is 1. The Labute approximate surface area is 147 Å². The number of nitrogens with zero attached hydrogens (tertiary/aromatic N) is 2. The summed E-state index contributed by atoms with van der Waals surface area (Å²) in [7, 11) is 0. The molecule has 1 aliphatic heterocycles. The zero-order valence-corrected chi connectivity index (χ0v) is 14.5. The van der Waals surface area contributed by atoms with E-state index in [1.54, 1.807) is 10.3 Å². The van der Waals surface area contributed by atoms with Crippen LogP contribution >= 0.6 is 11.3 Å². The average Bonchev–Trinajstić information content (AvgIpc) is 3.15. The van der Waals surface area contributed by atoms with E-state index >= 15 is 0 Å². The third-order valence-electron chi connectivity index (χ3n) is 4.69. The minimum Gasteiger partial charge on any atom is -0.353 e. The summed E-state index contributed by atoms with van der Waals surface area (Å²) >= 11 is 1.31. The Morgan fingerprint density at radius 3 is 2.84 bits per heavy atom. The van der Waals surface area contributed by atoms with E-state index in [9.17, 15) is 22.8 Å². The van der Waals surface area contributed by atoms with E-state index in [0.29, 0.717) is 36.6 Å². The lowest BCUT2D eigenvalue weighted by molar-refractivity contribution is -0.184. The van der Waals surface area contributed by atoms with Crippen LogP contribution in [0.25, 0.3) is 0 Å². The van der Waals surface area contributed by atoms with Gasteiger partial charge in [-0.2, -0.15) is 13.2 Å². The average molecular weight is 375 g/mol. The van der Waals surface area contributed by atoms with Crippen LogP contribution in [-0.2, 0) is 16.0 Å². The Morgan fingerprint density at radius 2 is 2.16 bits per heavy atom.